The number of nitro groups is 1. The fourth-order valence-corrected chi connectivity index (χ4v) is 1.47. The Balaban J connectivity index is 1.85. The van der Waals surface area contributed by atoms with Gasteiger partial charge >= 0.3 is 5.69 Å². The number of amides is 1. The average Bonchev–Trinajstić information content (AvgIpc) is 2.88. The van der Waals surface area contributed by atoms with Gasteiger partial charge in [0.15, 0.2) is 11.0 Å². The van der Waals surface area contributed by atoms with E-state index in [-0.39, 0.29) is 35.5 Å². The molecule has 1 N–H and O–H groups in total. The first kappa shape index (κ1) is 13.9. The number of rotatable bonds is 5. The van der Waals surface area contributed by atoms with Crippen LogP contribution in [0.25, 0.3) is 0 Å². The molecular formula is C10H9ClN6O3. The molecule has 2 heterocycles. The second-order valence-corrected chi connectivity index (χ2v) is 4.15. The average molecular weight is 297 g/mol. The van der Waals surface area contributed by atoms with Gasteiger partial charge in [-0.15, -0.1) is 10.2 Å². The van der Waals surface area contributed by atoms with Crippen molar-refractivity contribution in [3.05, 3.63) is 39.8 Å². The Hall–Kier alpha value is -2.55. The summed E-state index contributed by atoms with van der Waals surface area (Å²) in [7, 11) is 0. The second-order valence-electron chi connectivity index (χ2n) is 3.76. The summed E-state index contributed by atoms with van der Waals surface area (Å²) in [5.41, 5.74) is -0.117. The van der Waals surface area contributed by atoms with Gasteiger partial charge in [-0.25, -0.2) is 0 Å². The molecule has 0 unspecified atom stereocenters. The van der Waals surface area contributed by atoms with E-state index in [0.29, 0.717) is 0 Å². The van der Waals surface area contributed by atoms with Crippen LogP contribution < -0.4 is 5.32 Å². The minimum absolute atomic E-state index is 0.100. The van der Waals surface area contributed by atoms with Gasteiger partial charge in [-0.05, 0) is 12.1 Å². The van der Waals surface area contributed by atoms with Crippen molar-refractivity contribution in [2.45, 2.75) is 13.0 Å². The number of aryl methyl sites for hydroxylation is 1. The van der Waals surface area contributed by atoms with E-state index in [9.17, 15) is 14.9 Å². The van der Waals surface area contributed by atoms with E-state index >= 15 is 0 Å². The van der Waals surface area contributed by atoms with Crippen molar-refractivity contribution >= 4 is 29.0 Å². The van der Waals surface area contributed by atoms with Crippen LogP contribution in [0.5, 0.6) is 0 Å². The Morgan fingerprint density at radius 1 is 1.45 bits per heavy atom. The monoisotopic (exact) mass is 296 g/mol. The van der Waals surface area contributed by atoms with Crippen LogP contribution >= 0.6 is 11.6 Å². The zero-order valence-corrected chi connectivity index (χ0v) is 10.8. The van der Waals surface area contributed by atoms with Crippen LogP contribution in [0.3, 0.4) is 0 Å². The summed E-state index contributed by atoms with van der Waals surface area (Å²) >= 11 is 5.56. The highest BCUT2D eigenvalue weighted by Gasteiger charge is 2.10. The molecule has 1 amide bonds. The molecular weight excluding hydrogens is 288 g/mol. The predicted octanol–water partition coefficient (Wildman–Crippen LogP) is 1.26. The maximum atomic E-state index is 11.6. The first-order chi connectivity index (χ1) is 9.54. The maximum Gasteiger partial charge on any atom is 0.306 e. The van der Waals surface area contributed by atoms with Crippen molar-refractivity contribution in [3.63, 3.8) is 0 Å². The van der Waals surface area contributed by atoms with Crippen LogP contribution in [0.1, 0.15) is 6.42 Å². The van der Waals surface area contributed by atoms with Crippen molar-refractivity contribution in [1.29, 1.82) is 0 Å². The largest absolute Gasteiger partial charge is 0.309 e. The summed E-state index contributed by atoms with van der Waals surface area (Å²) < 4.78 is 1.32. The van der Waals surface area contributed by atoms with Crippen molar-refractivity contribution < 1.29 is 9.72 Å². The van der Waals surface area contributed by atoms with Crippen LogP contribution in [0, 0.1) is 10.1 Å². The zero-order chi connectivity index (χ0) is 14.5. The number of carbonyl (C=O) groups is 1. The highest BCUT2D eigenvalue weighted by molar-refractivity contribution is 6.29. The molecule has 0 aliphatic carbocycles. The van der Waals surface area contributed by atoms with Gasteiger partial charge < -0.3 is 5.32 Å². The van der Waals surface area contributed by atoms with E-state index in [1.165, 1.54) is 23.0 Å². The summed E-state index contributed by atoms with van der Waals surface area (Å²) in [4.78, 5) is 21.5. The third kappa shape index (κ3) is 3.72. The highest BCUT2D eigenvalue weighted by atomic mass is 35.5. The van der Waals surface area contributed by atoms with Gasteiger partial charge in [0.05, 0.1) is 4.92 Å². The van der Waals surface area contributed by atoms with Gasteiger partial charge in [-0.2, -0.15) is 5.10 Å². The van der Waals surface area contributed by atoms with E-state index < -0.39 is 4.92 Å². The molecule has 0 aliphatic rings. The molecule has 0 aromatic carbocycles. The van der Waals surface area contributed by atoms with E-state index in [1.807, 2.05) is 0 Å². The summed E-state index contributed by atoms with van der Waals surface area (Å²) in [5, 5.41) is 24.3. The van der Waals surface area contributed by atoms with Crippen LogP contribution in [0.15, 0.2) is 24.5 Å². The molecule has 0 aliphatic heterocycles. The summed E-state index contributed by atoms with van der Waals surface area (Å²) in [6.07, 6.45) is 2.49. The number of hydrogen-bond donors (Lipinski definition) is 1. The molecule has 2 rings (SSSR count). The smallest absolute Gasteiger partial charge is 0.306 e. The molecule has 2 aromatic rings. The Bertz CT molecular complexity index is 626. The molecule has 0 fully saturated rings. The van der Waals surface area contributed by atoms with E-state index in [0.717, 1.165) is 6.20 Å². The Labute approximate surface area is 117 Å². The van der Waals surface area contributed by atoms with Crippen molar-refractivity contribution in [2.75, 3.05) is 5.32 Å². The molecule has 0 saturated carbocycles. The molecule has 0 radical (unpaired) electrons. The lowest BCUT2D eigenvalue weighted by Gasteiger charge is -2.03. The lowest BCUT2D eigenvalue weighted by Crippen LogP contribution is -2.15. The van der Waals surface area contributed by atoms with Gasteiger partial charge in [0.2, 0.25) is 5.91 Å². The lowest BCUT2D eigenvalue weighted by atomic mass is 10.4. The lowest BCUT2D eigenvalue weighted by molar-refractivity contribution is -0.385. The van der Waals surface area contributed by atoms with E-state index in [2.05, 4.69) is 20.6 Å². The maximum absolute atomic E-state index is 11.6. The third-order valence-electron chi connectivity index (χ3n) is 2.30. The molecule has 104 valence electrons. The van der Waals surface area contributed by atoms with Gasteiger partial charge in [-0.1, -0.05) is 11.6 Å². The van der Waals surface area contributed by atoms with Gasteiger partial charge in [0.1, 0.15) is 12.4 Å². The Kier molecular flexibility index (Phi) is 4.20. The van der Waals surface area contributed by atoms with Crippen molar-refractivity contribution in [2.24, 2.45) is 0 Å². The molecule has 0 atom stereocenters. The third-order valence-corrected chi connectivity index (χ3v) is 2.50. The zero-order valence-electron chi connectivity index (χ0n) is 10.1. The number of halogens is 1. The van der Waals surface area contributed by atoms with Crippen LogP contribution in [0.2, 0.25) is 5.15 Å². The summed E-state index contributed by atoms with van der Waals surface area (Å²) in [5.74, 6) is -0.0226. The Morgan fingerprint density at radius 3 is 2.85 bits per heavy atom. The van der Waals surface area contributed by atoms with Gasteiger partial charge in [0, 0.05) is 13.0 Å². The molecule has 0 bridgehead atoms. The molecule has 9 nitrogen and oxygen atoms in total. The van der Waals surface area contributed by atoms with Crippen molar-refractivity contribution in [1.82, 2.24) is 20.0 Å². The molecule has 0 spiro atoms. The number of nitrogens with zero attached hydrogens (tertiary/aromatic N) is 5. The predicted molar refractivity (Wildman–Crippen MR) is 69.2 cm³/mol. The number of carbonyl (C=O) groups excluding carboxylic acids is 1. The minimum atomic E-state index is -0.549. The molecule has 0 saturated heterocycles. The summed E-state index contributed by atoms with van der Waals surface area (Å²) in [6.45, 7) is 0.223. The molecule has 2 aromatic heterocycles. The van der Waals surface area contributed by atoms with Gasteiger partial charge in [0.25, 0.3) is 0 Å². The summed E-state index contributed by atoms with van der Waals surface area (Å²) in [6, 6.07) is 3.02. The van der Waals surface area contributed by atoms with Gasteiger partial charge in [-0.3, -0.25) is 19.6 Å². The number of anilines is 1. The quantitative estimate of drug-likeness (QED) is 0.656. The number of hydrogen-bond acceptors (Lipinski definition) is 6. The van der Waals surface area contributed by atoms with Crippen molar-refractivity contribution in [3.8, 4) is 0 Å². The Morgan fingerprint density at radius 2 is 2.25 bits per heavy atom. The second kappa shape index (κ2) is 6.06. The standard InChI is InChI=1S/C10H9ClN6O3/c11-8-1-2-9(15-14-8)13-10(18)3-4-16-6-7(5-12-16)17(19)20/h1-2,5-6H,3-4H2,(H,13,15,18). The first-order valence-corrected chi connectivity index (χ1v) is 5.88. The fraction of sp³-hybridized carbons (Fsp3) is 0.200. The van der Waals surface area contributed by atoms with Crippen LogP contribution in [-0.2, 0) is 11.3 Å². The SMILES string of the molecule is O=C(CCn1cc([N+](=O)[O-])cn1)Nc1ccc(Cl)nn1. The molecule has 20 heavy (non-hydrogen) atoms. The van der Waals surface area contributed by atoms with E-state index in [1.54, 1.807) is 0 Å². The van der Waals surface area contributed by atoms with E-state index in [4.69, 9.17) is 11.6 Å². The first-order valence-electron chi connectivity index (χ1n) is 5.50. The van der Waals surface area contributed by atoms with Crippen LogP contribution in [-0.4, -0.2) is 30.8 Å². The highest BCUT2D eigenvalue weighted by Crippen LogP contribution is 2.09. The number of aromatic nitrogens is 4. The molecule has 10 heteroatoms. The normalized spacial score (nSPS) is 10.2. The topological polar surface area (TPSA) is 116 Å². The van der Waals surface area contributed by atoms with Crippen LogP contribution in [0.4, 0.5) is 11.5 Å². The fourth-order valence-electron chi connectivity index (χ4n) is 1.37. The number of nitrogens with one attached hydrogen (secondary N) is 1. The minimum Gasteiger partial charge on any atom is -0.309 e.